The predicted molar refractivity (Wildman–Crippen MR) is 89.0 cm³/mol. The second-order valence-electron chi connectivity index (χ2n) is 5.98. The summed E-state index contributed by atoms with van der Waals surface area (Å²) in [6, 6.07) is 9.90. The van der Waals surface area contributed by atoms with Gasteiger partial charge in [0.05, 0.1) is 12.1 Å². The van der Waals surface area contributed by atoms with Crippen molar-refractivity contribution in [3.63, 3.8) is 0 Å². The van der Waals surface area contributed by atoms with Gasteiger partial charge in [0.25, 0.3) is 0 Å². The third kappa shape index (κ3) is 4.45. The number of nitrogens with one attached hydrogen (secondary N) is 1. The molecule has 2 aromatic rings. The van der Waals surface area contributed by atoms with E-state index in [0.717, 1.165) is 17.7 Å². The maximum absolute atomic E-state index is 12.5. The van der Waals surface area contributed by atoms with Gasteiger partial charge in [-0.25, -0.2) is 0 Å². The van der Waals surface area contributed by atoms with Gasteiger partial charge in [0.15, 0.2) is 11.5 Å². The molecule has 0 aromatic heterocycles. The molecule has 26 heavy (non-hydrogen) atoms. The van der Waals surface area contributed by atoms with Crippen LogP contribution in [0.3, 0.4) is 0 Å². The molecule has 3 rings (SSSR count). The van der Waals surface area contributed by atoms with Gasteiger partial charge in [0, 0.05) is 12.2 Å². The number of anilines is 1. The molecule has 0 aliphatic carbocycles. The third-order valence-corrected chi connectivity index (χ3v) is 3.80. The number of likely N-dealkylation sites (N-methyl/N-ethyl adjacent to an activating group) is 1. The van der Waals surface area contributed by atoms with Crippen LogP contribution in [0.25, 0.3) is 0 Å². The molecule has 1 aliphatic heterocycles. The summed E-state index contributed by atoms with van der Waals surface area (Å²) in [5.74, 6) is 1.05. The molecular formula is C18H17F3N2O3. The molecule has 0 saturated carbocycles. The van der Waals surface area contributed by atoms with Crippen molar-refractivity contribution in [3.05, 3.63) is 53.6 Å². The maximum atomic E-state index is 12.5. The van der Waals surface area contributed by atoms with Crippen LogP contribution in [0.2, 0.25) is 0 Å². The van der Waals surface area contributed by atoms with Gasteiger partial charge >= 0.3 is 6.18 Å². The topological polar surface area (TPSA) is 50.8 Å². The maximum Gasteiger partial charge on any atom is 0.416 e. The van der Waals surface area contributed by atoms with Crippen molar-refractivity contribution in [3.8, 4) is 11.5 Å². The molecule has 5 nitrogen and oxygen atoms in total. The quantitative estimate of drug-likeness (QED) is 0.880. The molecule has 1 amide bonds. The van der Waals surface area contributed by atoms with E-state index in [1.165, 1.54) is 12.1 Å². The zero-order chi connectivity index (χ0) is 18.7. The fourth-order valence-corrected chi connectivity index (χ4v) is 2.60. The lowest BCUT2D eigenvalue weighted by atomic mass is 10.2. The van der Waals surface area contributed by atoms with Gasteiger partial charge in [-0.05, 0) is 49.0 Å². The Morgan fingerprint density at radius 3 is 2.50 bits per heavy atom. The number of alkyl halides is 3. The van der Waals surface area contributed by atoms with Gasteiger partial charge in [-0.1, -0.05) is 6.07 Å². The molecule has 0 fully saturated rings. The lowest BCUT2D eigenvalue weighted by Gasteiger charge is -2.17. The minimum absolute atomic E-state index is 0.0927. The lowest BCUT2D eigenvalue weighted by molar-refractivity contribution is -0.137. The number of hydrogen-bond donors (Lipinski definition) is 1. The van der Waals surface area contributed by atoms with Crippen molar-refractivity contribution in [1.82, 2.24) is 4.90 Å². The van der Waals surface area contributed by atoms with Crippen LogP contribution in [0.15, 0.2) is 42.5 Å². The van der Waals surface area contributed by atoms with Crippen molar-refractivity contribution in [1.29, 1.82) is 0 Å². The highest BCUT2D eigenvalue weighted by Gasteiger charge is 2.30. The summed E-state index contributed by atoms with van der Waals surface area (Å²) >= 11 is 0. The standard InChI is InChI=1S/C18H17F3N2O3/c1-23(9-12-2-7-15-16(8-12)26-11-25-15)10-17(24)22-14-5-3-13(4-6-14)18(19,20)21/h2-8H,9-11H2,1H3,(H,22,24). The van der Waals surface area contributed by atoms with E-state index in [9.17, 15) is 18.0 Å². The molecule has 1 heterocycles. The van der Waals surface area contributed by atoms with Crippen LogP contribution in [-0.2, 0) is 17.5 Å². The average molecular weight is 366 g/mol. The number of fused-ring (bicyclic) bond motifs is 1. The van der Waals surface area contributed by atoms with Crippen molar-refractivity contribution in [2.24, 2.45) is 0 Å². The zero-order valence-corrected chi connectivity index (χ0v) is 14.0. The Kier molecular flexibility index (Phi) is 5.03. The molecular weight excluding hydrogens is 349 g/mol. The first-order valence-electron chi connectivity index (χ1n) is 7.85. The minimum Gasteiger partial charge on any atom is -0.454 e. The molecule has 1 N–H and O–H groups in total. The van der Waals surface area contributed by atoms with Crippen LogP contribution in [0.5, 0.6) is 11.5 Å². The largest absolute Gasteiger partial charge is 0.454 e. The van der Waals surface area contributed by atoms with Crippen LogP contribution in [0.1, 0.15) is 11.1 Å². The summed E-state index contributed by atoms with van der Waals surface area (Å²) in [7, 11) is 1.77. The number of ether oxygens (including phenoxy) is 2. The Balaban J connectivity index is 1.52. The highest BCUT2D eigenvalue weighted by atomic mass is 19.4. The van der Waals surface area contributed by atoms with Gasteiger partial charge in [0.1, 0.15) is 0 Å². The third-order valence-electron chi connectivity index (χ3n) is 3.80. The molecule has 1 aliphatic rings. The summed E-state index contributed by atoms with van der Waals surface area (Å²) < 4.78 is 48.2. The van der Waals surface area contributed by atoms with E-state index in [4.69, 9.17) is 9.47 Å². The van der Waals surface area contributed by atoms with Crippen LogP contribution in [0, 0.1) is 0 Å². The summed E-state index contributed by atoms with van der Waals surface area (Å²) in [5.41, 5.74) is 0.522. The van der Waals surface area contributed by atoms with Gasteiger partial charge < -0.3 is 14.8 Å². The van der Waals surface area contributed by atoms with Crippen molar-refractivity contribution < 1.29 is 27.4 Å². The molecule has 0 radical (unpaired) electrons. The van der Waals surface area contributed by atoms with Crippen LogP contribution < -0.4 is 14.8 Å². The number of hydrogen-bond acceptors (Lipinski definition) is 4. The summed E-state index contributed by atoms with van der Waals surface area (Å²) in [6.45, 7) is 0.802. The molecule has 8 heteroatoms. The van der Waals surface area contributed by atoms with Crippen molar-refractivity contribution in [2.75, 3.05) is 25.7 Å². The number of amides is 1. The molecule has 0 bridgehead atoms. The van der Waals surface area contributed by atoms with E-state index in [2.05, 4.69) is 5.32 Å². The van der Waals surface area contributed by atoms with Crippen LogP contribution >= 0.6 is 0 Å². The SMILES string of the molecule is CN(CC(=O)Nc1ccc(C(F)(F)F)cc1)Cc1ccc2c(c1)OCO2. The Hall–Kier alpha value is -2.74. The smallest absolute Gasteiger partial charge is 0.416 e. The molecule has 0 atom stereocenters. The molecule has 2 aromatic carbocycles. The van der Waals surface area contributed by atoms with E-state index >= 15 is 0 Å². The Morgan fingerprint density at radius 1 is 1.12 bits per heavy atom. The van der Waals surface area contributed by atoms with Gasteiger partial charge in [0.2, 0.25) is 12.7 Å². The van der Waals surface area contributed by atoms with Gasteiger partial charge in [-0.3, -0.25) is 9.69 Å². The fourth-order valence-electron chi connectivity index (χ4n) is 2.60. The van der Waals surface area contributed by atoms with E-state index in [1.807, 2.05) is 18.2 Å². The summed E-state index contributed by atoms with van der Waals surface area (Å²) in [5, 5.41) is 2.59. The number of carbonyl (C=O) groups is 1. The van der Waals surface area contributed by atoms with E-state index in [-0.39, 0.29) is 19.2 Å². The van der Waals surface area contributed by atoms with Crippen LogP contribution in [-0.4, -0.2) is 31.2 Å². The number of halogens is 3. The summed E-state index contributed by atoms with van der Waals surface area (Å²) in [6.07, 6.45) is -4.40. The normalized spacial score (nSPS) is 13.1. The van der Waals surface area contributed by atoms with Crippen molar-refractivity contribution in [2.45, 2.75) is 12.7 Å². The zero-order valence-electron chi connectivity index (χ0n) is 14.0. The highest BCUT2D eigenvalue weighted by Crippen LogP contribution is 2.33. The monoisotopic (exact) mass is 366 g/mol. The average Bonchev–Trinajstić information content (AvgIpc) is 3.01. The second kappa shape index (κ2) is 7.25. The molecule has 0 spiro atoms. The minimum atomic E-state index is -4.40. The lowest BCUT2D eigenvalue weighted by Crippen LogP contribution is -2.29. The Bertz CT molecular complexity index is 791. The van der Waals surface area contributed by atoms with Gasteiger partial charge in [-0.2, -0.15) is 13.2 Å². The summed E-state index contributed by atoms with van der Waals surface area (Å²) in [4.78, 5) is 13.9. The number of rotatable bonds is 5. The second-order valence-corrected chi connectivity index (χ2v) is 5.98. The molecule has 0 unspecified atom stereocenters. The number of nitrogens with zero attached hydrogens (tertiary/aromatic N) is 1. The van der Waals surface area contributed by atoms with E-state index in [1.54, 1.807) is 11.9 Å². The first-order chi connectivity index (χ1) is 12.3. The number of benzene rings is 2. The number of carbonyl (C=O) groups excluding carboxylic acids is 1. The molecule has 0 saturated heterocycles. The van der Waals surface area contributed by atoms with E-state index in [0.29, 0.717) is 23.7 Å². The van der Waals surface area contributed by atoms with E-state index < -0.39 is 11.7 Å². The Morgan fingerprint density at radius 2 is 1.81 bits per heavy atom. The first-order valence-corrected chi connectivity index (χ1v) is 7.85. The fraction of sp³-hybridized carbons (Fsp3) is 0.278. The molecule has 138 valence electrons. The predicted octanol–water partition coefficient (Wildman–Crippen LogP) is 3.50. The van der Waals surface area contributed by atoms with Crippen LogP contribution in [0.4, 0.5) is 18.9 Å². The van der Waals surface area contributed by atoms with Gasteiger partial charge in [-0.15, -0.1) is 0 Å². The Labute approximate surface area is 148 Å². The first kappa shape index (κ1) is 18.1. The highest BCUT2D eigenvalue weighted by molar-refractivity contribution is 5.92. The van der Waals surface area contributed by atoms with Crippen molar-refractivity contribution >= 4 is 11.6 Å².